The van der Waals surface area contributed by atoms with E-state index in [1.165, 1.54) is 12.8 Å². The molecule has 2 rings (SSSR count). The van der Waals surface area contributed by atoms with Crippen molar-refractivity contribution in [2.75, 3.05) is 11.4 Å². The lowest BCUT2D eigenvalue weighted by Crippen LogP contribution is -2.26. The molecule has 3 heteroatoms. The van der Waals surface area contributed by atoms with E-state index in [1.807, 2.05) is 19.1 Å². The normalized spacial score (nSPS) is 22.4. The Kier molecular flexibility index (Phi) is 3.06. The van der Waals surface area contributed by atoms with Crippen molar-refractivity contribution in [2.45, 2.75) is 38.8 Å². The number of anilines is 1. The van der Waals surface area contributed by atoms with Gasteiger partial charge in [-0.2, -0.15) is 0 Å². The van der Waals surface area contributed by atoms with Gasteiger partial charge in [-0.05, 0) is 32.8 Å². The first-order valence-electron chi connectivity index (χ1n) is 5.94. The summed E-state index contributed by atoms with van der Waals surface area (Å²) in [4.78, 5) is 2.34. The molecule has 0 aromatic heterocycles. The second-order valence-corrected chi connectivity index (χ2v) is 4.72. The van der Waals surface area contributed by atoms with Gasteiger partial charge in [0.1, 0.15) is 5.75 Å². The van der Waals surface area contributed by atoms with Crippen LogP contribution >= 0.6 is 0 Å². The van der Waals surface area contributed by atoms with Crippen LogP contribution in [0.5, 0.6) is 5.75 Å². The number of hydrogen-bond donors (Lipinski definition) is 2. The van der Waals surface area contributed by atoms with Crippen LogP contribution in [0.3, 0.4) is 0 Å². The Labute approximate surface area is 96.9 Å². The first-order valence-corrected chi connectivity index (χ1v) is 5.94. The summed E-state index contributed by atoms with van der Waals surface area (Å²) < 4.78 is 0. The Morgan fingerprint density at radius 2 is 2.25 bits per heavy atom. The molecule has 3 nitrogen and oxygen atoms in total. The first kappa shape index (κ1) is 11.3. The van der Waals surface area contributed by atoms with Crippen LogP contribution in [0.2, 0.25) is 0 Å². The zero-order valence-electron chi connectivity index (χ0n) is 9.98. The fourth-order valence-electron chi connectivity index (χ4n) is 2.41. The van der Waals surface area contributed by atoms with Gasteiger partial charge in [-0.15, -0.1) is 0 Å². The molecule has 2 unspecified atom stereocenters. The Hall–Kier alpha value is -1.22. The van der Waals surface area contributed by atoms with Gasteiger partial charge in [0.15, 0.2) is 0 Å². The molecule has 0 spiro atoms. The minimum atomic E-state index is -0.120. The van der Waals surface area contributed by atoms with Crippen LogP contribution in [0.1, 0.15) is 38.3 Å². The maximum absolute atomic E-state index is 9.90. The number of phenolic OH excluding ortho intramolecular Hbond substituents is 1. The average Bonchev–Trinajstić information content (AvgIpc) is 2.63. The standard InChI is InChI=1S/C13H20N2O/c1-9-4-3-7-15(9)11-5-6-12(10(2)14)13(16)8-11/h5-6,8-10,16H,3-4,7,14H2,1-2H3. The van der Waals surface area contributed by atoms with E-state index in [2.05, 4.69) is 17.9 Å². The third kappa shape index (κ3) is 2.00. The molecule has 0 amide bonds. The molecule has 2 atom stereocenters. The number of hydrogen-bond acceptors (Lipinski definition) is 3. The van der Waals surface area contributed by atoms with Gasteiger partial charge in [0, 0.05) is 35.9 Å². The predicted octanol–water partition coefficient (Wildman–Crippen LogP) is 2.40. The van der Waals surface area contributed by atoms with Gasteiger partial charge in [-0.25, -0.2) is 0 Å². The lowest BCUT2D eigenvalue weighted by molar-refractivity contribution is 0.463. The Morgan fingerprint density at radius 1 is 1.50 bits per heavy atom. The van der Waals surface area contributed by atoms with E-state index in [9.17, 15) is 5.11 Å². The molecule has 88 valence electrons. The molecule has 1 heterocycles. The summed E-state index contributed by atoms with van der Waals surface area (Å²) in [7, 11) is 0. The van der Waals surface area contributed by atoms with Crippen molar-refractivity contribution in [3.63, 3.8) is 0 Å². The highest BCUT2D eigenvalue weighted by Crippen LogP contribution is 2.31. The van der Waals surface area contributed by atoms with Crippen molar-refractivity contribution < 1.29 is 5.11 Å². The molecule has 0 bridgehead atoms. The molecule has 0 aliphatic carbocycles. The van der Waals surface area contributed by atoms with E-state index < -0.39 is 0 Å². The maximum Gasteiger partial charge on any atom is 0.122 e. The van der Waals surface area contributed by atoms with Crippen LogP contribution < -0.4 is 10.6 Å². The number of rotatable bonds is 2. The largest absolute Gasteiger partial charge is 0.508 e. The molecule has 1 aromatic rings. The van der Waals surface area contributed by atoms with Gasteiger partial charge >= 0.3 is 0 Å². The fourth-order valence-corrected chi connectivity index (χ4v) is 2.41. The van der Waals surface area contributed by atoms with E-state index in [-0.39, 0.29) is 6.04 Å². The Balaban J connectivity index is 2.27. The van der Waals surface area contributed by atoms with Crippen molar-refractivity contribution in [1.29, 1.82) is 0 Å². The highest BCUT2D eigenvalue weighted by atomic mass is 16.3. The van der Waals surface area contributed by atoms with Crippen molar-refractivity contribution in [3.8, 4) is 5.75 Å². The summed E-state index contributed by atoms with van der Waals surface area (Å²) in [5, 5.41) is 9.90. The van der Waals surface area contributed by atoms with Crippen LogP contribution in [0.4, 0.5) is 5.69 Å². The van der Waals surface area contributed by atoms with Gasteiger partial charge in [0.05, 0.1) is 0 Å². The smallest absolute Gasteiger partial charge is 0.122 e. The predicted molar refractivity (Wildman–Crippen MR) is 66.8 cm³/mol. The number of aromatic hydroxyl groups is 1. The number of benzene rings is 1. The summed E-state index contributed by atoms with van der Waals surface area (Å²) in [6.07, 6.45) is 2.47. The molecular weight excluding hydrogens is 200 g/mol. The van der Waals surface area contributed by atoms with E-state index in [0.29, 0.717) is 11.8 Å². The number of nitrogens with two attached hydrogens (primary N) is 1. The minimum Gasteiger partial charge on any atom is -0.508 e. The highest BCUT2D eigenvalue weighted by molar-refractivity contribution is 5.55. The van der Waals surface area contributed by atoms with Gasteiger partial charge in [-0.1, -0.05) is 6.07 Å². The molecule has 1 fully saturated rings. The minimum absolute atomic E-state index is 0.120. The first-order chi connectivity index (χ1) is 7.59. The summed E-state index contributed by atoms with van der Waals surface area (Å²) in [6.45, 7) is 5.19. The monoisotopic (exact) mass is 220 g/mol. The second kappa shape index (κ2) is 4.34. The van der Waals surface area contributed by atoms with Crippen molar-refractivity contribution in [1.82, 2.24) is 0 Å². The molecular formula is C13H20N2O. The molecule has 0 radical (unpaired) electrons. The summed E-state index contributed by atoms with van der Waals surface area (Å²) in [6, 6.07) is 6.27. The fraction of sp³-hybridized carbons (Fsp3) is 0.538. The summed E-state index contributed by atoms with van der Waals surface area (Å²) in [5.41, 5.74) is 7.69. The van der Waals surface area contributed by atoms with Crippen LogP contribution in [0.15, 0.2) is 18.2 Å². The van der Waals surface area contributed by atoms with E-state index in [1.54, 1.807) is 0 Å². The quantitative estimate of drug-likeness (QED) is 0.804. The maximum atomic E-state index is 9.90. The molecule has 16 heavy (non-hydrogen) atoms. The van der Waals surface area contributed by atoms with E-state index in [4.69, 9.17) is 5.73 Å². The van der Waals surface area contributed by atoms with Crippen LogP contribution in [0, 0.1) is 0 Å². The van der Waals surface area contributed by atoms with Crippen LogP contribution in [0.25, 0.3) is 0 Å². The zero-order chi connectivity index (χ0) is 11.7. The van der Waals surface area contributed by atoms with Gasteiger partial charge in [0.2, 0.25) is 0 Å². The lowest BCUT2D eigenvalue weighted by atomic mass is 10.1. The van der Waals surface area contributed by atoms with Gasteiger partial charge in [-0.3, -0.25) is 0 Å². The number of nitrogens with zero attached hydrogens (tertiary/aromatic N) is 1. The van der Waals surface area contributed by atoms with Crippen molar-refractivity contribution in [2.24, 2.45) is 5.73 Å². The average molecular weight is 220 g/mol. The molecule has 1 saturated heterocycles. The van der Waals surface area contributed by atoms with E-state index in [0.717, 1.165) is 17.8 Å². The van der Waals surface area contributed by atoms with E-state index >= 15 is 0 Å². The lowest BCUT2D eigenvalue weighted by Gasteiger charge is -2.24. The topological polar surface area (TPSA) is 49.5 Å². The van der Waals surface area contributed by atoms with Crippen molar-refractivity contribution in [3.05, 3.63) is 23.8 Å². The third-order valence-corrected chi connectivity index (χ3v) is 3.39. The second-order valence-electron chi connectivity index (χ2n) is 4.72. The number of phenols is 1. The SMILES string of the molecule is CC(N)c1ccc(N2CCCC2C)cc1O. The molecule has 1 aliphatic heterocycles. The Bertz CT molecular complexity index is 376. The van der Waals surface area contributed by atoms with Crippen LogP contribution in [-0.4, -0.2) is 17.7 Å². The molecule has 0 saturated carbocycles. The van der Waals surface area contributed by atoms with Crippen LogP contribution in [-0.2, 0) is 0 Å². The summed E-state index contributed by atoms with van der Waals surface area (Å²) in [5.74, 6) is 0.312. The highest BCUT2D eigenvalue weighted by Gasteiger charge is 2.21. The molecule has 1 aromatic carbocycles. The zero-order valence-corrected chi connectivity index (χ0v) is 9.98. The molecule has 3 N–H and O–H groups in total. The third-order valence-electron chi connectivity index (χ3n) is 3.39. The molecule has 1 aliphatic rings. The Morgan fingerprint density at radius 3 is 2.75 bits per heavy atom. The summed E-state index contributed by atoms with van der Waals surface area (Å²) >= 11 is 0. The van der Waals surface area contributed by atoms with Gasteiger partial charge in [0.25, 0.3) is 0 Å². The van der Waals surface area contributed by atoms with Crippen molar-refractivity contribution >= 4 is 5.69 Å². The van der Waals surface area contributed by atoms with Gasteiger partial charge < -0.3 is 15.7 Å².